The zero-order valence-electron chi connectivity index (χ0n) is 17.8. The van der Waals surface area contributed by atoms with Crippen molar-refractivity contribution in [1.82, 2.24) is 20.3 Å². The second kappa shape index (κ2) is 11.9. The van der Waals surface area contributed by atoms with Gasteiger partial charge >= 0.3 is 0 Å². The van der Waals surface area contributed by atoms with Crippen molar-refractivity contribution in [3.63, 3.8) is 0 Å². The number of H-pyrrole nitrogens is 1. The summed E-state index contributed by atoms with van der Waals surface area (Å²) in [4.78, 5) is 7.85. The van der Waals surface area contributed by atoms with Crippen molar-refractivity contribution in [3.8, 4) is 0 Å². The summed E-state index contributed by atoms with van der Waals surface area (Å²) >= 11 is 0. The monoisotopic (exact) mass is 547 g/mol. The largest absolute Gasteiger partial charge is 0.358 e. The van der Waals surface area contributed by atoms with Crippen LogP contribution in [-0.4, -0.2) is 51.3 Å². The summed E-state index contributed by atoms with van der Waals surface area (Å²) in [6, 6.07) is 8.31. The smallest absolute Gasteiger partial charge is 0.213 e. The molecule has 4 N–H and O–H groups in total. The Kier molecular flexibility index (Phi) is 9.89. The number of benzene rings is 1. The third kappa shape index (κ3) is 7.12. The molecule has 30 heavy (non-hydrogen) atoms. The molecular formula is C21H34IN5O2S. The fourth-order valence-corrected chi connectivity index (χ4v) is 4.56. The highest BCUT2D eigenvalue weighted by atomic mass is 127. The van der Waals surface area contributed by atoms with Gasteiger partial charge in [-0.2, -0.15) is 0 Å². The summed E-state index contributed by atoms with van der Waals surface area (Å²) in [5.74, 6) is 1.18. The van der Waals surface area contributed by atoms with Crippen LogP contribution in [0.2, 0.25) is 0 Å². The maximum absolute atomic E-state index is 12.1. The van der Waals surface area contributed by atoms with E-state index in [-0.39, 0.29) is 36.3 Å². The molecule has 9 heteroatoms. The predicted molar refractivity (Wildman–Crippen MR) is 135 cm³/mol. The van der Waals surface area contributed by atoms with Gasteiger partial charge in [0.15, 0.2) is 5.96 Å². The van der Waals surface area contributed by atoms with E-state index in [2.05, 4.69) is 50.5 Å². The van der Waals surface area contributed by atoms with Gasteiger partial charge in [-0.05, 0) is 50.7 Å². The molecule has 0 aliphatic heterocycles. The lowest BCUT2D eigenvalue weighted by Gasteiger charge is -2.25. The fraction of sp³-hybridized carbons (Fsp3) is 0.571. The second-order valence-corrected chi connectivity index (χ2v) is 9.60. The Labute approximate surface area is 197 Å². The Bertz CT molecular complexity index is 938. The van der Waals surface area contributed by atoms with Gasteiger partial charge in [-0.15, -0.1) is 24.0 Å². The second-order valence-electron chi connectivity index (χ2n) is 7.68. The number of rotatable bonds is 10. The first-order valence-electron chi connectivity index (χ1n) is 10.5. The molecule has 1 heterocycles. The van der Waals surface area contributed by atoms with E-state index in [1.165, 1.54) is 23.1 Å². The third-order valence-corrected chi connectivity index (χ3v) is 6.81. The summed E-state index contributed by atoms with van der Waals surface area (Å²) in [6.45, 7) is 6.34. The van der Waals surface area contributed by atoms with E-state index in [1.54, 1.807) is 0 Å². The van der Waals surface area contributed by atoms with Crippen molar-refractivity contribution in [1.29, 1.82) is 0 Å². The molecule has 0 amide bonds. The quantitative estimate of drug-likeness (QED) is 0.209. The molecule has 1 aromatic heterocycles. The van der Waals surface area contributed by atoms with E-state index in [4.69, 9.17) is 0 Å². The van der Waals surface area contributed by atoms with Crippen LogP contribution in [0.4, 0.5) is 0 Å². The average Bonchev–Trinajstić information content (AvgIpc) is 2.95. The van der Waals surface area contributed by atoms with Crippen LogP contribution in [-0.2, 0) is 16.4 Å². The minimum Gasteiger partial charge on any atom is -0.358 e. The third-order valence-electron chi connectivity index (χ3n) is 5.49. The summed E-state index contributed by atoms with van der Waals surface area (Å²) in [7, 11) is -3.27. The Morgan fingerprint density at radius 3 is 2.70 bits per heavy atom. The highest BCUT2D eigenvalue weighted by Crippen LogP contribution is 2.25. The Balaban J connectivity index is 0.00000320. The number of para-hydroxylation sites is 1. The van der Waals surface area contributed by atoms with E-state index in [0.717, 1.165) is 37.9 Å². The van der Waals surface area contributed by atoms with Crippen molar-refractivity contribution in [2.75, 3.05) is 31.9 Å². The van der Waals surface area contributed by atoms with Gasteiger partial charge in [-0.3, -0.25) is 4.99 Å². The van der Waals surface area contributed by atoms with Crippen LogP contribution in [0.25, 0.3) is 10.9 Å². The summed E-state index contributed by atoms with van der Waals surface area (Å²) in [6.07, 6.45) is 4.34. The number of halogens is 1. The Morgan fingerprint density at radius 2 is 2.00 bits per heavy atom. The first kappa shape index (κ1) is 24.9. The molecule has 0 unspecified atom stereocenters. The number of hydrogen-bond acceptors (Lipinski definition) is 3. The van der Waals surface area contributed by atoms with Crippen molar-refractivity contribution in [2.45, 2.75) is 39.5 Å². The average molecular weight is 548 g/mol. The zero-order valence-corrected chi connectivity index (χ0v) is 21.0. The molecule has 0 atom stereocenters. The topological polar surface area (TPSA) is 98.4 Å². The van der Waals surface area contributed by atoms with Crippen molar-refractivity contribution in [3.05, 3.63) is 35.5 Å². The Morgan fingerprint density at radius 1 is 1.23 bits per heavy atom. The normalized spacial score (nSPS) is 14.9. The highest BCUT2D eigenvalue weighted by molar-refractivity contribution is 14.0. The van der Waals surface area contributed by atoms with Gasteiger partial charge < -0.3 is 15.6 Å². The molecule has 1 saturated carbocycles. The van der Waals surface area contributed by atoms with Crippen LogP contribution in [0.1, 0.15) is 37.4 Å². The minimum absolute atomic E-state index is 0. The molecule has 0 radical (unpaired) electrons. The number of aryl methyl sites for hydroxylation is 1. The van der Waals surface area contributed by atoms with Crippen LogP contribution < -0.4 is 15.4 Å². The molecule has 0 bridgehead atoms. The SMILES string of the molecule is CCNC(=NCCS(=O)(=O)NCC1CCC1)NCCc1c(C)[nH]c2ccccc12.I. The van der Waals surface area contributed by atoms with E-state index in [9.17, 15) is 8.42 Å². The lowest BCUT2D eigenvalue weighted by atomic mass is 9.86. The molecule has 1 aromatic carbocycles. The first-order chi connectivity index (χ1) is 14.0. The number of nitrogens with one attached hydrogen (secondary N) is 4. The van der Waals surface area contributed by atoms with E-state index in [1.807, 2.05) is 13.0 Å². The lowest BCUT2D eigenvalue weighted by molar-refractivity contribution is 0.316. The zero-order chi connectivity index (χ0) is 20.7. The maximum Gasteiger partial charge on any atom is 0.213 e. The predicted octanol–water partition coefficient (Wildman–Crippen LogP) is 2.91. The lowest BCUT2D eigenvalue weighted by Crippen LogP contribution is -2.39. The van der Waals surface area contributed by atoms with Gasteiger partial charge in [-0.1, -0.05) is 24.6 Å². The molecule has 1 fully saturated rings. The number of guanidine groups is 1. The summed E-state index contributed by atoms with van der Waals surface area (Å²) in [5, 5.41) is 7.75. The van der Waals surface area contributed by atoms with Gasteiger partial charge in [0.25, 0.3) is 0 Å². The van der Waals surface area contributed by atoms with Gasteiger partial charge in [0, 0.05) is 36.2 Å². The number of fused-ring (bicyclic) bond motifs is 1. The number of hydrogen-bond donors (Lipinski definition) is 4. The maximum atomic E-state index is 12.1. The van der Waals surface area contributed by atoms with E-state index >= 15 is 0 Å². The molecule has 7 nitrogen and oxygen atoms in total. The molecule has 168 valence electrons. The number of aromatic amines is 1. The molecule has 3 rings (SSSR count). The van der Waals surface area contributed by atoms with Crippen molar-refractivity contribution >= 4 is 50.9 Å². The van der Waals surface area contributed by atoms with Gasteiger partial charge in [0.05, 0.1) is 12.3 Å². The van der Waals surface area contributed by atoms with Crippen LogP contribution in [0.3, 0.4) is 0 Å². The van der Waals surface area contributed by atoms with E-state index in [0.29, 0.717) is 18.4 Å². The molecule has 1 aliphatic rings. The molecule has 0 spiro atoms. The van der Waals surface area contributed by atoms with Crippen molar-refractivity contribution in [2.24, 2.45) is 10.9 Å². The van der Waals surface area contributed by atoms with Gasteiger partial charge in [0.1, 0.15) is 0 Å². The van der Waals surface area contributed by atoms with Crippen LogP contribution in [0.5, 0.6) is 0 Å². The van der Waals surface area contributed by atoms with Crippen LogP contribution in [0, 0.1) is 12.8 Å². The van der Waals surface area contributed by atoms with E-state index < -0.39 is 10.0 Å². The summed E-state index contributed by atoms with van der Waals surface area (Å²) in [5.41, 5.74) is 3.63. The number of aromatic nitrogens is 1. The standard InChI is InChI=1S/C21H33N5O2S.HI/c1-3-22-21(24-13-14-29(27,28)25-15-17-7-6-8-17)23-12-11-18-16(2)26-20-10-5-4-9-19(18)20;/h4-5,9-10,17,25-26H,3,6-8,11-15H2,1-2H3,(H2,22,23,24);1H. The molecule has 0 saturated heterocycles. The number of aliphatic imine (C=N–C) groups is 1. The number of sulfonamides is 1. The van der Waals surface area contributed by atoms with Gasteiger partial charge in [0.2, 0.25) is 10.0 Å². The van der Waals surface area contributed by atoms with Crippen LogP contribution >= 0.6 is 24.0 Å². The molecule has 1 aliphatic carbocycles. The molecule has 2 aromatic rings. The molecular weight excluding hydrogens is 513 g/mol. The van der Waals surface area contributed by atoms with Crippen LogP contribution in [0.15, 0.2) is 29.3 Å². The van der Waals surface area contributed by atoms with Crippen molar-refractivity contribution < 1.29 is 8.42 Å². The summed E-state index contributed by atoms with van der Waals surface area (Å²) < 4.78 is 27.0. The minimum atomic E-state index is -3.27. The highest BCUT2D eigenvalue weighted by Gasteiger charge is 2.20. The Hall–Kier alpha value is -1.33. The first-order valence-corrected chi connectivity index (χ1v) is 12.2. The fourth-order valence-electron chi connectivity index (χ4n) is 3.60. The number of nitrogens with zero attached hydrogens (tertiary/aromatic N) is 1. The van der Waals surface area contributed by atoms with Gasteiger partial charge in [-0.25, -0.2) is 13.1 Å².